The molecule has 1 amide bonds. The zero-order valence-corrected chi connectivity index (χ0v) is 13.7. The first-order chi connectivity index (χ1) is 11.1. The zero-order chi connectivity index (χ0) is 16.4. The van der Waals surface area contributed by atoms with Crippen LogP contribution < -0.4 is 10.9 Å². The molecule has 0 saturated heterocycles. The number of fused-ring (bicyclic) bond motifs is 1. The van der Waals surface area contributed by atoms with Gasteiger partial charge in [0.25, 0.3) is 5.56 Å². The molecule has 0 saturated carbocycles. The van der Waals surface area contributed by atoms with Gasteiger partial charge in [-0.3, -0.25) is 19.1 Å². The van der Waals surface area contributed by atoms with E-state index >= 15 is 0 Å². The number of amides is 1. The Balaban J connectivity index is 1.76. The van der Waals surface area contributed by atoms with E-state index < -0.39 is 0 Å². The lowest BCUT2D eigenvalue weighted by molar-refractivity contribution is -0.121. The molecule has 3 aromatic heterocycles. The Labute approximate surface area is 136 Å². The molecule has 0 unspecified atom stereocenters. The third-order valence-electron chi connectivity index (χ3n) is 3.68. The first-order valence-electron chi connectivity index (χ1n) is 7.17. The van der Waals surface area contributed by atoms with E-state index in [2.05, 4.69) is 15.3 Å². The molecular formula is C16H16N4O2S. The molecule has 1 N–H and O–H groups in total. The van der Waals surface area contributed by atoms with Gasteiger partial charge in [-0.2, -0.15) is 0 Å². The largest absolute Gasteiger partial charge is 0.350 e. The smallest absolute Gasteiger partial charge is 0.262 e. The highest BCUT2D eigenvalue weighted by Crippen LogP contribution is 2.25. The third kappa shape index (κ3) is 3.14. The average molecular weight is 328 g/mol. The van der Waals surface area contributed by atoms with Crippen LogP contribution in [0.2, 0.25) is 0 Å². The highest BCUT2D eigenvalue weighted by atomic mass is 32.1. The summed E-state index contributed by atoms with van der Waals surface area (Å²) in [5.74, 6) is -0.235. The number of carbonyl (C=O) groups is 1. The van der Waals surface area contributed by atoms with E-state index in [0.717, 1.165) is 20.8 Å². The fourth-order valence-corrected chi connectivity index (χ4v) is 3.28. The number of nitrogens with zero attached hydrogens (tertiary/aromatic N) is 3. The molecule has 7 heteroatoms. The summed E-state index contributed by atoms with van der Waals surface area (Å²) >= 11 is 1.50. The monoisotopic (exact) mass is 328 g/mol. The van der Waals surface area contributed by atoms with Gasteiger partial charge in [-0.05, 0) is 31.0 Å². The molecule has 6 nitrogen and oxygen atoms in total. The Bertz CT molecular complexity index is 915. The predicted octanol–water partition coefficient (Wildman–Crippen LogP) is 1.79. The highest BCUT2D eigenvalue weighted by molar-refractivity contribution is 7.18. The Hall–Kier alpha value is -2.54. The van der Waals surface area contributed by atoms with Gasteiger partial charge in [-0.15, -0.1) is 11.3 Å². The van der Waals surface area contributed by atoms with Crippen LogP contribution in [0.5, 0.6) is 0 Å². The molecule has 3 aromatic rings. The van der Waals surface area contributed by atoms with E-state index in [9.17, 15) is 9.59 Å². The van der Waals surface area contributed by atoms with Crippen molar-refractivity contribution in [2.75, 3.05) is 0 Å². The number of hydrogen-bond donors (Lipinski definition) is 1. The van der Waals surface area contributed by atoms with E-state index in [1.165, 1.54) is 22.2 Å². The van der Waals surface area contributed by atoms with Gasteiger partial charge in [-0.1, -0.05) is 6.07 Å². The summed E-state index contributed by atoms with van der Waals surface area (Å²) in [6.45, 7) is 4.21. The lowest BCUT2D eigenvalue weighted by Gasteiger charge is -2.07. The number of rotatable bonds is 4. The Kier molecular flexibility index (Phi) is 4.20. The topological polar surface area (TPSA) is 76.9 Å². The Morgan fingerprint density at radius 3 is 2.96 bits per heavy atom. The van der Waals surface area contributed by atoms with E-state index in [1.54, 1.807) is 12.4 Å². The molecule has 0 fully saturated rings. The van der Waals surface area contributed by atoms with E-state index in [-0.39, 0.29) is 18.0 Å². The van der Waals surface area contributed by atoms with E-state index in [4.69, 9.17) is 0 Å². The summed E-state index contributed by atoms with van der Waals surface area (Å²) in [6.07, 6.45) is 4.80. The van der Waals surface area contributed by atoms with Crippen molar-refractivity contribution in [3.63, 3.8) is 0 Å². The molecule has 3 heterocycles. The number of aryl methyl sites for hydroxylation is 2. The molecule has 118 valence electrons. The number of pyridine rings is 1. The van der Waals surface area contributed by atoms with Crippen LogP contribution >= 0.6 is 11.3 Å². The number of nitrogens with one attached hydrogen (secondary N) is 1. The number of carbonyl (C=O) groups excluding carboxylic acids is 1. The maximum absolute atomic E-state index is 12.5. The molecule has 0 radical (unpaired) electrons. The summed E-state index contributed by atoms with van der Waals surface area (Å²) in [5.41, 5.74) is 1.67. The predicted molar refractivity (Wildman–Crippen MR) is 89.4 cm³/mol. The Morgan fingerprint density at radius 1 is 1.39 bits per heavy atom. The zero-order valence-electron chi connectivity index (χ0n) is 12.9. The van der Waals surface area contributed by atoms with Gasteiger partial charge in [0.15, 0.2) is 0 Å². The maximum atomic E-state index is 12.5. The molecule has 0 aliphatic carbocycles. The second-order valence-corrected chi connectivity index (χ2v) is 6.48. The second kappa shape index (κ2) is 6.29. The van der Waals surface area contributed by atoms with Gasteiger partial charge in [-0.25, -0.2) is 4.98 Å². The van der Waals surface area contributed by atoms with Gasteiger partial charge >= 0.3 is 0 Å². The molecule has 0 aliphatic heterocycles. The van der Waals surface area contributed by atoms with Gasteiger partial charge in [0.2, 0.25) is 5.91 Å². The summed E-state index contributed by atoms with van der Waals surface area (Å²) in [4.78, 5) is 34.6. The summed E-state index contributed by atoms with van der Waals surface area (Å²) in [6, 6.07) is 3.69. The Morgan fingerprint density at radius 2 is 2.22 bits per heavy atom. The summed E-state index contributed by atoms with van der Waals surface area (Å²) in [7, 11) is 0. The van der Waals surface area contributed by atoms with Crippen molar-refractivity contribution in [3.8, 4) is 0 Å². The van der Waals surface area contributed by atoms with Crippen molar-refractivity contribution in [2.45, 2.75) is 26.9 Å². The van der Waals surface area contributed by atoms with Crippen LogP contribution in [0.1, 0.15) is 16.0 Å². The van der Waals surface area contributed by atoms with Gasteiger partial charge in [0, 0.05) is 23.8 Å². The average Bonchev–Trinajstić information content (AvgIpc) is 2.84. The van der Waals surface area contributed by atoms with Gasteiger partial charge in [0.05, 0.1) is 11.7 Å². The minimum atomic E-state index is -0.235. The van der Waals surface area contributed by atoms with Crippen LogP contribution in [0, 0.1) is 13.8 Å². The molecule has 3 rings (SSSR count). The maximum Gasteiger partial charge on any atom is 0.262 e. The SMILES string of the molecule is Cc1sc2ncn(CC(=O)NCc3cccnc3)c(=O)c2c1C. The normalized spacial score (nSPS) is 10.9. The van der Waals surface area contributed by atoms with Crippen molar-refractivity contribution in [3.05, 3.63) is 57.2 Å². The quantitative estimate of drug-likeness (QED) is 0.792. The molecule has 0 atom stereocenters. The fraction of sp³-hybridized carbons (Fsp3) is 0.250. The first kappa shape index (κ1) is 15.4. The number of aromatic nitrogens is 3. The number of thiophene rings is 1. The standard InChI is InChI=1S/C16H16N4O2S/c1-10-11(2)23-15-14(10)16(22)20(9-19-15)8-13(21)18-7-12-4-3-5-17-6-12/h3-6,9H,7-8H2,1-2H3,(H,18,21). The molecule has 0 aliphatic rings. The second-order valence-electron chi connectivity index (χ2n) is 5.28. The summed E-state index contributed by atoms with van der Waals surface area (Å²) < 4.78 is 1.35. The van der Waals surface area contributed by atoms with Crippen LogP contribution in [0.3, 0.4) is 0 Å². The third-order valence-corrected chi connectivity index (χ3v) is 4.80. The molecular weight excluding hydrogens is 312 g/mol. The van der Waals surface area contributed by atoms with Crippen LogP contribution in [0.15, 0.2) is 35.6 Å². The van der Waals surface area contributed by atoms with Gasteiger partial charge in [0.1, 0.15) is 11.4 Å². The molecule has 0 spiro atoms. The van der Waals surface area contributed by atoms with Crippen molar-refractivity contribution in [1.82, 2.24) is 19.9 Å². The van der Waals surface area contributed by atoms with Gasteiger partial charge < -0.3 is 5.32 Å². The van der Waals surface area contributed by atoms with Crippen molar-refractivity contribution < 1.29 is 4.79 Å². The van der Waals surface area contributed by atoms with Crippen LogP contribution in [0.25, 0.3) is 10.2 Å². The van der Waals surface area contributed by atoms with E-state index in [0.29, 0.717) is 11.9 Å². The molecule has 23 heavy (non-hydrogen) atoms. The minimum absolute atomic E-state index is 0.0453. The van der Waals surface area contributed by atoms with Crippen molar-refractivity contribution in [2.24, 2.45) is 0 Å². The first-order valence-corrected chi connectivity index (χ1v) is 7.98. The highest BCUT2D eigenvalue weighted by Gasteiger charge is 2.13. The lowest BCUT2D eigenvalue weighted by Crippen LogP contribution is -2.32. The van der Waals surface area contributed by atoms with Crippen molar-refractivity contribution in [1.29, 1.82) is 0 Å². The lowest BCUT2D eigenvalue weighted by atomic mass is 10.2. The van der Waals surface area contributed by atoms with Crippen LogP contribution in [-0.4, -0.2) is 20.4 Å². The molecule has 0 aromatic carbocycles. The van der Waals surface area contributed by atoms with E-state index in [1.807, 2.05) is 26.0 Å². The summed E-state index contributed by atoms with van der Waals surface area (Å²) in [5, 5.41) is 3.39. The van der Waals surface area contributed by atoms with Crippen LogP contribution in [0.4, 0.5) is 0 Å². The molecule has 0 bridgehead atoms. The minimum Gasteiger partial charge on any atom is -0.350 e. The number of hydrogen-bond acceptors (Lipinski definition) is 5. The van der Waals surface area contributed by atoms with Crippen molar-refractivity contribution >= 4 is 27.5 Å². The fourth-order valence-electron chi connectivity index (χ4n) is 2.30. The van der Waals surface area contributed by atoms with Crippen LogP contribution in [-0.2, 0) is 17.9 Å².